The van der Waals surface area contributed by atoms with Crippen molar-refractivity contribution in [3.63, 3.8) is 0 Å². The minimum atomic E-state index is -0.490. The maximum absolute atomic E-state index is 8.96. The fraction of sp³-hybridized carbons (Fsp3) is 0.154. The highest BCUT2D eigenvalue weighted by Crippen LogP contribution is 2.25. The number of ether oxygens (including phenoxy) is 1. The summed E-state index contributed by atoms with van der Waals surface area (Å²) in [7, 11) is 1.55. The Balaban J connectivity index is 2.66. The average molecular weight is 197 g/mol. The van der Waals surface area contributed by atoms with Crippen LogP contribution in [0.4, 0.5) is 0 Å². The summed E-state index contributed by atoms with van der Waals surface area (Å²) in [6.45, 7) is 0. The van der Waals surface area contributed by atoms with E-state index < -0.39 is 6.10 Å². The molecule has 0 N–H and O–H groups in total. The van der Waals surface area contributed by atoms with Crippen LogP contribution in [0.15, 0.2) is 42.5 Å². The Morgan fingerprint density at radius 1 is 1.13 bits per heavy atom. The van der Waals surface area contributed by atoms with Crippen LogP contribution in [0.25, 0.3) is 10.8 Å². The van der Waals surface area contributed by atoms with Gasteiger partial charge in [0.2, 0.25) is 0 Å². The van der Waals surface area contributed by atoms with Crippen molar-refractivity contribution < 1.29 is 4.74 Å². The van der Waals surface area contributed by atoms with Crippen molar-refractivity contribution in [2.75, 3.05) is 7.11 Å². The Bertz CT molecular complexity index is 508. The molecule has 0 aliphatic heterocycles. The van der Waals surface area contributed by atoms with Crippen molar-refractivity contribution >= 4 is 10.8 Å². The van der Waals surface area contributed by atoms with Crippen LogP contribution < -0.4 is 0 Å². The van der Waals surface area contributed by atoms with Crippen molar-refractivity contribution in [2.45, 2.75) is 6.10 Å². The zero-order valence-electron chi connectivity index (χ0n) is 8.47. The molecule has 0 radical (unpaired) electrons. The quantitative estimate of drug-likeness (QED) is 0.741. The molecule has 0 spiro atoms. The van der Waals surface area contributed by atoms with Crippen molar-refractivity contribution in [3.8, 4) is 6.07 Å². The van der Waals surface area contributed by atoms with E-state index in [1.54, 1.807) is 7.11 Å². The van der Waals surface area contributed by atoms with Gasteiger partial charge in [0.15, 0.2) is 6.10 Å². The van der Waals surface area contributed by atoms with E-state index >= 15 is 0 Å². The molecule has 2 aromatic rings. The van der Waals surface area contributed by atoms with Gasteiger partial charge in [0.05, 0.1) is 6.07 Å². The molecule has 0 aliphatic rings. The molecule has 0 unspecified atom stereocenters. The summed E-state index contributed by atoms with van der Waals surface area (Å²) in [6.07, 6.45) is -0.490. The molecule has 15 heavy (non-hydrogen) atoms. The normalized spacial score (nSPS) is 12.3. The first-order valence-electron chi connectivity index (χ1n) is 4.77. The molecule has 0 saturated carbocycles. The first kappa shape index (κ1) is 9.70. The number of benzene rings is 2. The molecule has 0 bridgehead atoms. The molecule has 0 saturated heterocycles. The van der Waals surface area contributed by atoms with Crippen molar-refractivity contribution in [1.29, 1.82) is 5.26 Å². The van der Waals surface area contributed by atoms with Gasteiger partial charge < -0.3 is 4.74 Å². The third-order valence-corrected chi connectivity index (χ3v) is 2.46. The fourth-order valence-corrected chi connectivity index (χ4v) is 1.73. The van der Waals surface area contributed by atoms with Gasteiger partial charge in [-0.25, -0.2) is 0 Å². The molecule has 2 heteroatoms. The maximum atomic E-state index is 8.96. The van der Waals surface area contributed by atoms with Crippen molar-refractivity contribution in [3.05, 3.63) is 48.0 Å². The Kier molecular flexibility index (Phi) is 2.66. The number of hydrogen-bond acceptors (Lipinski definition) is 2. The smallest absolute Gasteiger partial charge is 0.169 e. The van der Waals surface area contributed by atoms with Crippen LogP contribution in [0.2, 0.25) is 0 Å². The minimum Gasteiger partial charge on any atom is -0.362 e. The fourth-order valence-electron chi connectivity index (χ4n) is 1.73. The lowest BCUT2D eigenvalue weighted by Crippen LogP contribution is -1.98. The van der Waals surface area contributed by atoms with Crippen LogP contribution in [0, 0.1) is 11.3 Å². The van der Waals surface area contributed by atoms with E-state index in [1.807, 2.05) is 42.5 Å². The second kappa shape index (κ2) is 4.12. The number of nitrogens with zero attached hydrogens (tertiary/aromatic N) is 1. The molecule has 2 rings (SSSR count). The first-order chi connectivity index (χ1) is 7.36. The van der Waals surface area contributed by atoms with E-state index in [1.165, 1.54) is 0 Å². The molecule has 74 valence electrons. The highest BCUT2D eigenvalue weighted by atomic mass is 16.5. The van der Waals surface area contributed by atoms with Gasteiger partial charge in [-0.2, -0.15) is 5.26 Å². The summed E-state index contributed by atoms with van der Waals surface area (Å²) >= 11 is 0. The highest BCUT2D eigenvalue weighted by molar-refractivity contribution is 5.86. The maximum Gasteiger partial charge on any atom is 0.169 e. The third-order valence-electron chi connectivity index (χ3n) is 2.46. The second-order valence-corrected chi connectivity index (χ2v) is 3.31. The van der Waals surface area contributed by atoms with Crippen molar-refractivity contribution in [2.24, 2.45) is 0 Å². The number of rotatable bonds is 2. The number of hydrogen-bond donors (Lipinski definition) is 0. The summed E-state index contributed by atoms with van der Waals surface area (Å²) in [5, 5.41) is 11.2. The Hall–Kier alpha value is -1.85. The SMILES string of the molecule is CO[C@H](C#N)c1cccc2ccccc12. The van der Waals surface area contributed by atoms with E-state index in [0.717, 1.165) is 16.3 Å². The molecule has 0 amide bonds. The van der Waals surface area contributed by atoms with E-state index in [-0.39, 0.29) is 0 Å². The molecular weight excluding hydrogens is 186 g/mol. The summed E-state index contributed by atoms with van der Waals surface area (Å²) in [4.78, 5) is 0. The van der Waals surface area contributed by atoms with Gasteiger partial charge in [0, 0.05) is 12.7 Å². The van der Waals surface area contributed by atoms with E-state index in [0.29, 0.717) is 0 Å². The first-order valence-corrected chi connectivity index (χ1v) is 4.77. The second-order valence-electron chi connectivity index (χ2n) is 3.31. The lowest BCUT2D eigenvalue weighted by molar-refractivity contribution is 0.150. The molecule has 0 fully saturated rings. The molecule has 0 aromatic heterocycles. The number of methoxy groups -OCH3 is 1. The number of nitriles is 1. The van der Waals surface area contributed by atoms with E-state index in [2.05, 4.69) is 6.07 Å². The van der Waals surface area contributed by atoms with Gasteiger partial charge in [0.25, 0.3) is 0 Å². The summed E-state index contributed by atoms with van der Waals surface area (Å²) < 4.78 is 5.13. The van der Waals surface area contributed by atoms with E-state index in [9.17, 15) is 0 Å². The zero-order valence-corrected chi connectivity index (χ0v) is 8.47. The van der Waals surface area contributed by atoms with Gasteiger partial charge in [0.1, 0.15) is 0 Å². The van der Waals surface area contributed by atoms with Gasteiger partial charge in [-0.15, -0.1) is 0 Å². The summed E-state index contributed by atoms with van der Waals surface area (Å²) in [5.41, 5.74) is 0.929. The molecule has 0 aliphatic carbocycles. The lowest BCUT2D eigenvalue weighted by atomic mass is 10.0. The monoisotopic (exact) mass is 197 g/mol. The molecule has 2 aromatic carbocycles. The van der Waals surface area contributed by atoms with Gasteiger partial charge in [-0.3, -0.25) is 0 Å². The Morgan fingerprint density at radius 2 is 1.87 bits per heavy atom. The summed E-state index contributed by atoms with van der Waals surface area (Å²) in [5.74, 6) is 0. The van der Waals surface area contributed by atoms with Crippen LogP contribution in [-0.4, -0.2) is 7.11 Å². The van der Waals surface area contributed by atoms with Crippen LogP contribution in [-0.2, 0) is 4.74 Å². The van der Waals surface area contributed by atoms with Crippen LogP contribution in [0.5, 0.6) is 0 Å². The van der Waals surface area contributed by atoms with Crippen molar-refractivity contribution in [1.82, 2.24) is 0 Å². The number of fused-ring (bicyclic) bond motifs is 1. The van der Waals surface area contributed by atoms with Gasteiger partial charge in [-0.1, -0.05) is 42.5 Å². The Morgan fingerprint density at radius 3 is 2.60 bits per heavy atom. The van der Waals surface area contributed by atoms with Gasteiger partial charge in [-0.05, 0) is 10.8 Å². The zero-order chi connectivity index (χ0) is 10.7. The average Bonchev–Trinajstić information content (AvgIpc) is 2.31. The minimum absolute atomic E-state index is 0.490. The molecule has 0 heterocycles. The summed E-state index contributed by atoms with van der Waals surface area (Å²) in [6, 6.07) is 16.0. The van der Waals surface area contributed by atoms with Gasteiger partial charge >= 0.3 is 0 Å². The highest BCUT2D eigenvalue weighted by Gasteiger charge is 2.11. The lowest BCUT2D eigenvalue weighted by Gasteiger charge is -2.10. The molecular formula is C13H11NO. The van der Waals surface area contributed by atoms with Crippen LogP contribution in [0.1, 0.15) is 11.7 Å². The largest absolute Gasteiger partial charge is 0.362 e. The Labute approximate surface area is 88.7 Å². The predicted molar refractivity (Wildman–Crippen MR) is 59.3 cm³/mol. The topological polar surface area (TPSA) is 33.0 Å². The predicted octanol–water partition coefficient (Wildman–Crippen LogP) is 3.05. The molecule has 2 nitrogen and oxygen atoms in total. The van der Waals surface area contributed by atoms with Crippen LogP contribution >= 0.6 is 0 Å². The van der Waals surface area contributed by atoms with Crippen LogP contribution in [0.3, 0.4) is 0 Å². The van der Waals surface area contributed by atoms with E-state index in [4.69, 9.17) is 10.00 Å². The third kappa shape index (κ3) is 1.70. The standard InChI is InChI=1S/C13H11NO/c1-15-13(9-14)12-8-4-6-10-5-2-3-7-11(10)12/h2-8,13H,1H3/t13-/m1/s1. The molecule has 1 atom stereocenters.